The predicted molar refractivity (Wildman–Crippen MR) is 100 cm³/mol. The summed E-state index contributed by atoms with van der Waals surface area (Å²) in [4.78, 5) is 17.8. The third kappa shape index (κ3) is 5.05. The van der Waals surface area contributed by atoms with Crippen LogP contribution in [-0.4, -0.2) is 54.0 Å². The second-order valence-corrected chi connectivity index (χ2v) is 8.47. The van der Waals surface area contributed by atoms with Crippen LogP contribution in [0.3, 0.4) is 0 Å². The molecule has 0 saturated carbocycles. The minimum Gasteiger partial charge on any atom is -0.358 e. The van der Waals surface area contributed by atoms with Crippen LogP contribution >= 0.6 is 0 Å². The molecular weight excluding hydrogens is 312 g/mol. The molecule has 0 spiro atoms. The highest BCUT2D eigenvalue weighted by molar-refractivity contribution is 5.82. The van der Waals surface area contributed by atoms with Gasteiger partial charge in [-0.15, -0.1) is 0 Å². The molecule has 0 aliphatic carbocycles. The predicted octanol–water partition coefficient (Wildman–Crippen LogP) is 3.49. The van der Waals surface area contributed by atoms with Gasteiger partial charge < -0.3 is 14.5 Å². The number of amides is 1. The number of carbonyl (C=O) groups is 1. The topological polar surface area (TPSA) is 32.8 Å². The summed E-state index contributed by atoms with van der Waals surface area (Å²) in [5.41, 5.74) is 0.593. The summed E-state index contributed by atoms with van der Waals surface area (Å²) in [5, 5.41) is 0. The Hall–Kier alpha value is -1.39. The third-order valence-electron chi connectivity index (χ3n) is 5.11. The average molecular weight is 344 g/mol. The lowest BCUT2D eigenvalue weighted by Crippen LogP contribution is -2.38. The van der Waals surface area contributed by atoms with Crippen LogP contribution in [0, 0.1) is 5.92 Å². The van der Waals surface area contributed by atoms with Crippen LogP contribution in [-0.2, 0) is 9.53 Å². The van der Waals surface area contributed by atoms with E-state index in [1.165, 1.54) is 25.9 Å². The number of hydrogen-bond acceptors (Lipinski definition) is 3. The van der Waals surface area contributed by atoms with Crippen LogP contribution in [0.5, 0.6) is 0 Å². The maximum atomic E-state index is 13.2. The molecule has 4 nitrogen and oxygen atoms in total. The van der Waals surface area contributed by atoms with E-state index in [0.717, 1.165) is 31.6 Å². The Balaban J connectivity index is 1.65. The lowest BCUT2D eigenvalue weighted by Gasteiger charge is -2.30. The Morgan fingerprint density at radius 2 is 1.84 bits per heavy atom. The zero-order chi connectivity index (χ0) is 17.9. The summed E-state index contributed by atoms with van der Waals surface area (Å²) in [6.07, 6.45) is 3.25. The zero-order valence-corrected chi connectivity index (χ0v) is 15.9. The van der Waals surface area contributed by atoms with Crippen LogP contribution < -0.4 is 0 Å². The monoisotopic (exact) mass is 344 g/mol. The Morgan fingerprint density at radius 3 is 2.48 bits per heavy atom. The maximum absolute atomic E-state index is 13.2. The molecule has 1 aromatic rings. The second-order valence-electron chi connectivity index (χ2n) is 8.47. The minimum atomic E-state index is -0.508. The van der Waals surface area contributed by atoms with Crippen molar-refractivity contribution < 1.29 is 9.53 Å². The molecule has 1 amide bonds. The van der Waals surface area contributed by atoms with Gasteiger partial charge in [-0.2, -0.15) is 0 Å². The smallest absolute Gasteiger partial charge is 0.256 e. The van der Waals surface area contributed by atoms with Gasteiger partial charge >= 0.3 is 0 Å². The molecule has 2 fully saturated rings. The molecule has 25 heavy (non-hydrogen) atoms. The molecule has 1 aromatic carbocycles. The molecule has 0 bridgehead atoms. The first-order valence-corrected chi connectivity index (χ1v) is 9.66. The van der Waals surface area contributed by atoms with E-state index in [0.29, 0.717) is 5.92 Å². The molecule has 4 heteroatoms. The van der Waals surface area contributed by atoms with Crippen LogP contribution in [0.25, 0.3) is 0 Å². The fourth-order valence-corrected chi connectivity index (χ4v) is 3.92. The van der Waals surface area contributed by atoms with Crippen molar-refractivity contribution in [2.75, 3.05) is 32.7 Å². The minimum absolute atomic E-state index is 0.116. The first kappa shape index (κ1) is 18.4. The highest BCUT2D eigenvalue weighted by Crippen LogP contribution is 2.29. The molecule has 0 aromatic heterocycles. The number of rotatable bonds is 5. The molecule has 2 heterocycles. The largest absolute Gasteiger partial charge is 0.358 e. The first-order valence-electron chi connectivity index (χ1n) is 9.66. The molecule has 2 aliphatic rings. The van der Waals surface area contributed by atoms with E-state index in [1.54, 1.807) is 0 Å². The summed E-state index contributed by atoms with van der Waals surface area (Å²) in [6.45, 7) is 11.3. The molecule has 138 valence electrons. The van der Waals surface area contributed by atoms with Gasteiger partial charge in [0.15, 0.2) is 6.10 Å². The molecule has 2 atom stereocenters. The molecular formula is C21H32N2O2. The van der Waals surface area contributed by atoms with Gasteiger partial charge in [0.2, 0.25) is 0 Å². The van der Waals surface area contributed by atoms with Gasteiger partial charge in [-0.25, -0.2) is 0 Å². The highest BCUT2D eigenvalue weighted by atomic mass is 16.5. The number of nitrogens with zero attached hydrogens (tertiary/aromatic N) is 2. The van der Waals surface area contributed by atoms with Gasteiger partial charge in [0, 0.05) is 19.6 Å². The van der Waals surface area contributed by atoms with E-state index in [4.69, 9.17) is 4.74 Å². The number of hydrogen-bond donors (Lipinski definition) is 0. The van der Waals surface area contributed by atoms with Crippen molar-refractivity contribution >= 4 is 5.91 Å². The zero-order valence-electron chi connectivity index (χ0n) is 15.9. The average Bonchev–Trinajstić information content (AvgIpc) is 3.24. The van der Waals surface area contributed by atoms with E-state index in [-0.39, 0.29) is 11.5 Å². The Labute approximate surface area is 152 Å². The molecule has 2 unspecified atom stereocenters. The van der Waals surface area contributed by atoms with E-state index in [9.17, 15) is 4.79 Å². The Morgan fingerprint density at radius 1 is 1.16 bits per heavy atom. The number of benzene rings is 1. The number of ether oxygens (including phenoxy) is 1. The standard InChI is InChI=1S/C21H32N2O2/c1-21(2,3)25-19(18-9-5-4-6-10-18)20(24)23-14-11-17(16-23)15-22-12-7-8-13-22/h4-6,9-10,17,19H,7-8,11-16H2,1-3H3. The van der Waals surface area contributed by atoms with E-state index in [2.05, 4.69) is 4.90 Å². The van der Waals surface area contributed by atoms with Gasteiger partial charge in [0.05, 0.1) is 5.60 Å². The van der Waals surface area contributed by atoms with Crippen molar-refractivity contribution in [3.05, 3.63) is 35.9 Å². The molecule has 0 radical (unpaired) electrons. The number of carbonyl (C=O) groups excluding carboxylic acids is 1. The summed E-state index contributed by atoms with van der Waals surface area (Å²) in [6, 6.07) is 9.91. The second kappa shape index (κ2) is 7.88. The van der Waals surface area contributed by atoms with Crippen molar-refractivity contribution in [3.63, 3.8) is 0 Å². The van der Waals surface area contributed by atoms with Crippen molar-refractivity contribution in [3.8, 4) is 0 Å². The quantitative estimate of drug-likeness (QED) is 0.820. The van der Waals surface area contributed by atoms with Gasteiger partial charge in [0.1, 0.15) is 0 Å². The third-order valence-corrected chi connectivity index (χ3v) is 5.11. The van der Waals surface area contributed by atoms with Crippen LogP contribution in [0.1, 0.15) is 51.7 Å². The van der Waals surface area contributed by atoms with Crippen LogP contribution in [0.4, 0.5) is 0 Å². The summed E-state index contributed by atoms with van der Waals surface area (Å²) < 4.78 is 6.17. The summed E-state index contributed by atoms with van der Waals surface area (Å²) >= 11 is 0. The number of likely N-dealkylation sites (tertiary alicyclic amines) is 2. The van der Waals surface area contributed by atoms with Crippen molar-refractivity contribution in [1.82, 2.24) is 9.80 Å². The van der Waals surface area contributed by atoms with Crippen molar-refractivity contribution in [2.24, 2.45) is 5.92 Å². The van der Waals surface area contributed by atoms with E-state index < -0.39 is 6.10 Å². The van der Waals surface area contributed by atoms with Gasteiger partial charge in [0.25, 0.3) is 5.91 Å². The van der Waals surface area contributed by atoms with Crippen LogP contribution in [0.2, 0.25) is 0 Å². The first-order chi connectivity index (χ1) is 11.9. The van der Waals surface area contributed by atoms with E-state index >= 15 is 0 Å². The van der Waals surface area contributed by atoms with E-state index in [1.807, 2.05) is 56.0 Å². The molecule has 2 aliphatic heterocycles. The van der Waals surface area contributed by atoms with Gasteiger partial charge in [-0.3, -0.25) is 4.79 Å². The molecule has 0 N–H and O–H groups in total. The summed E-state index contributed by atoms with van der Waals surface area (Å²) in [7, 11) is 0. The summed E-state index contributed by atoms with van der Waals surface area (Å²) in [5.74, 6) is 0.721. The Bertz CT molecular complexity index is 561. The molecule has 3 rings (SSSR count). The maximum Gasteiger partial charge on any atom is 0.256 e. The highest BCUT2D eigenvalue weighted by Gasteiger charge is 2.35. The van der Waals surface area contributed by atoms with Gasteiger partial charge in [-0.1, -0.05) is 30.3 Å². The SMILES string of the molecule is CC(C)(C)OC(C(=O)N1CCC(CN2CCCC2)C1)c1ccccc1. The molecule has 2 saturated heterocycles. The van der Waals surface area contributed by atoms with Gasteiger partial charge in [-0.05, 0) is 64.6 Å². The lowest BCUT2D eigenvalue weighted by atomic mass is 10.1. The van der Waals surface area contributed by atoms with Crippen molar-refractivity contribution in [2.45, 2.75) is 51.7 Å². The Kier molecular flexibility index (Phi) is 5.80. The normalized spacial score (nSPS) is 23.2. The van der Waals surface area contributed by atoms with Crippen molar-refractivity contribution in [1.29, 1.82) is 0 Å². The van der Waals surface area contributed by atoms with Crippen LogP contribution in [0.15, 0.2) is 30.3 Å². The fourth-order valence-electron chi connectivity index (χ4n) is 3.92. The fraction of sp³-hybridized carbons (Fsp3) is 0.667. The lowest BCUT2D eigenvalue weighted by molar-refractivity contribution is -0.153.